The lowest BCUT2D eigenvalue weighted by Gasteiger charge is -2.33. The summed E-state index contributed by atoms with van der Waals surface area (Å²) in [4.78, 5) is 15.0. The van der Waals surface area contributed by atoms with Gasteiger partial charge in [0, 0.05) is 17.6 Å². The summed E-state index contributed by atoms with van der Waals surface area (Å²) in [5.41, 5.74) is 2.06. The van der Waals surface area contributed by atoms with E-state index in [0.29, 0.717) is 0 Å². The van der Waals surface area contributed by atoms with E-state index in [2.05, 4.69) is 72.5 Å². The number of aryl methyl sites for hydroxylation is 1. The highest BCUT2D eigenvalue weighted by Crippen LogP contribution is 2.16. The molecule has 0 fully saturated rings. The third-order valence-electron chi connectivity index (χ3n) is 3.56. The summed E-state index contributed by atoms with van der Waals surface area (Å²) in [6, 6.07) is 6.79. The van der Waals surface area contributed by atoms with E-state index in [1.807, 2.05) is 4.90 Å². The Labute approximate surface area is 125 Å². The normalized spacial score (nSPS) is 12.1. The van der Waals surface area contributed by atoms with Gasteiger partial charge in [0.2, 0.25) is 0 Å². The van der Waals surface area contributed by atoms with E-state index >= 15 is 0 Å². The molecule has 0 radical (unpaired) electrons. The Bertz CT molecular complexity index is 478. The third kappa shape index (κ3) is 3.72. The van der Waals surface area contributed by atoms with Crippen LogP contribution in [0.25, 0.3) is 0 Å². The second-order valence-corrected chi connectivity index (χ2v) is 12.2. The van der Waals surface area contributed by atoms with Crippen LogP contribution >= 0.6 is 0 Å². The summed E-state index contributed by atoms with van der Waals surface area (Å²) in [5.74, 6) is 0.177. The van der Waals surface area contributed by atoms with Crippen molar-refractivity contribution in [2.45, 2.75) is 66.3 Å². The molecule has 3 heteroatoms. The van der Waals surface area contributed by atoms with Crippen molar-refractivity contribution in [3.8, 4) is 0 Å². The van der Waals surface area contributed by atoms with Gasteiger partial charge in [-0.2, -0.15) is 0 Å². The van der Waals surface area contributed by atoms with Crippen molar-refractivity contribution in [3.63, 3.8) is 0 Å². The molecule has 0 aliphatic rings. The molecule has 0 aliphatic heterocycles. The minimum atomic E-state index is -1.53. The number of carbonyl (C=O) groups excluding carboxylic acids is 1. The second-order valence-electron chi connectivity index (χ2n) is 7.20. The highest BCUT2D eigenvalue weighted by atomic mass is 28.3. The Morgan fingerprint density at radius 1 is 1.05 bits per heavy atom. The quantitative estimate of drug-likeness (QED) is 0.773. The molecule has 1 aromatic carbocycles. The van der Waals surface area contributed by atoms with E-state index in [0.717, 1.165) is 11.1 Å². The molecule has 0 unspecified atom stereocenters. The highest BCUT2D eigenvalue weighted by molar-refractivity contribution is 6.89. The largest absolute Gasteiger partial charge is 0.334 e. The lowest BCUT2D eigenvalue weighted by atomic mass is 10.1. The van der Waals surface area contributed by atoms with E-state index in [4.69, 9.17) is 0 Å². The standard InChI is InChI=1S/C17H29NOSi/c1-12(2)18(13(3)4)17(19)15-11-14(5)9-10-16(15)20(6,7)8/h9-13H,1-8H3. The van der Waals surface area contributed by atoms with Crippen LogP contribution in [-0.2, 0) is 0 Å². The molecular formula is C17H29NOSi. The molecule has 112 valence electrons. The van der Waals surface area contributed by atoms with Crippen molar-refractivity contribution in [1.82, 2.24) is 4.90 Å². The van der Waals surface area contributed by atoms with E-state index in [-0.39, 0.29) is 18.0 Å². The van der Waals surface area contributed by atoms with E-state index in [9.17, 15) is 4.79 Å². The molecule has 0 heterocycles. The molecule has 0 N–H and O–H groups in total. The number of nitrogens with zero attached hydrogens (tertiary/aromatic N) is 1. The zero-order valence-electron chi connectivity index (χ0n) is 14.2. The van der Waals surface area contributed by atoms with Gasteiger partial charge in [-0.3, -0.25) is 4.79 Å². The van der Waals surface area contributed by atoms with Crippen LogP contribution in [0.5, 0.6) is 0 Å². The van der Waals surface area contributed by atoms with Gasteiger partial charge >= 0.3 is 0 Å². The zero-order chi connectivity index (χ0) is 15.7. The Hall–Kier alpha value is -1.09. The van der Waals surface area contributed by atoms with Crippen molar-refractivity contribution in [2.75, 3.05) is 0 Å². The number of amides is 1. The van der Waals surface area contributed by atoms with Gasteiger partial charge in [0.05, 0.1) is 8.07 Å². The van der Waals surface area contributed by atoms with Crippen LogP contribution in [0.1, 0.15) is 43.6 Å². The van der Waals surface area contributed by atoms with Crippen LogP contribution in [0.2, 0.25) is 19.6 Å². The van der Waals surface area contributed by atoms with Gasteiger partial charge in [0.1, 0.15) is 0 Å². The minimum absolute atomic E-state index is 0.177. The summed E-state index contributed by atoms with van der Waals surface area (Å²) in [6.07, 6.45) is 0. The summed E-state index contributed by atoms with van der Waals surface area (Å²) in [7, 11) is -1.53. The highest BCUT2D eigenvalue weighted by Gasteiger charge is 2.28. The van der Waals surface area contributed by atoms with Gasteiger partial charge in [-0.1, -0.05) is 37.3 Å². The molecule has 0 atom stereocenters. The maximum Gasteiger partial charge on any atom is 0.254 e. The Morgan fingerprint density at radius 3 is 1.95 bits per heavy atom. The fraction of sp³-hybridized carbons (Fsp3) is 0.588. The lowest BCUT2D eigenvalue weighted by Crippen LogP contribution is -2.48. The lowest BCUT2D eigenvalue weighted by molar-refractivity contribution is 0.0645. The molecule has 1 amide bonds. The first-order valence-electron chi connectivity index (χ1n) is 7.49. The first-order chi connectivity index (χ1) is 9.05. The predicted molar refractivity (Wildman–Crippen MR) is 90.6 cm³/mol. The van der Waals surface area contributed by atoms with Gasteiger partial charge in [-0.25, -0.2) is 0 Å². The van der Waals surface area contributed by atoms with E-state index < -0.39 is 8.07 Å². The molecule has 0 bridgehead atoms. The number of hydrogen-bond donors (Lipinski definition) is 0. The van der Waals surface area contributed by atoms with Crippen LogP contribution in [-0.4, -0.2) is 31.0 Å². The molecule has 0 saturated carbocycles. The van der Waals surface area contributed by atoms with Crippen LogP contribution in [0.3, 0.4) is 0 Å². The molecule has 1 aromatic rings. The maximum absolute atomic E-state index is 13.0. The van der Waals surface area contributed by atoms with Crippen molar-refractivity contribution < 1.29 is 4.79 Å². The molecule has 0 aliphatic carbocycles. The van der Waals surface area contributed by atoms with Gasteiger partial charge in [-0.15, -0.1) is 0 Å². The average molecular weight is 292 g/mol. The molecule has 0 spiro atoms. The molecule has 0 aromatic heterocycles. The fourth-order valence-electron chi connectivity index (χ4n) is 2.69. The van der Waals surface area contributed by atoms with Gasteiger partial charge in [0.15, 0.2) is 0 Å². The summed E-state index contributed by atoms with van der Waals surface area (Å²) < 4.78 is 0. The van der Waals surface area contributed by atoms with Gasteiger partial charge < -0.3 is 4.90 Å². The number of benzene rings is 1. The Balaban J connectivity index is 3.37. The fourth-order valence-corrected chi connectivity index (χ4v) is 4.26. The Kier molecular flexibility index (Phi) is 5.19. The average Bonchev–Trinajstić information content (AvgIpc) is 2.25. The van der Waals surface area contributed by atoms with Crippen LogP contribution < -0.4 is 5.19 Å². The predicted octanol–water partition coefficient (Wildman–Crippen LogP) is 3.80. The van der Waals surface area contributed by atoms with Gasteiger partial charge in [-0.05, 0) is 45.9 Å². The maximum atomic E-state index is 13.0. The van der Waals surface area contributed by atoms with Crippen molar-refractivity contribution >= 4 is 19.2 Å². The van der Waals surface area contributed by atoms with E-state index in [1.54, 1.807) is 0 Å². The second kappa shape index (κ2) is 6.13. The van der Waals surface area contributed by atoms with Gasteiger partial charge in [0.25, 0.3) is 5.91 Å². The van der Waals surface area contributed by atoms with Crippen molar-refractivity contribution in [2.24, 2.45) is 0 Å². The first-order valence-corrected chi connectivity index (χ1v) is 11.0. The van der Waals surface area contributed by atoms with E-state index in [1.165, 1.54) is 5.19 Å². The monoisotopic (exact) mass is 291 g/mol. The summed E-state index contributed by atoms with van der Waals surface area (Å²) >= 11 is 0. The number of carbonyl (C=O) groups is 1. The molecule has 0 saturated heterocycles. The van der Waals surface area contributed by atoms with Crippen molar-refractivity contribution in [3.05, 3.63) is 29.3 Å². The molecule has 20 heavy (non-hydrogen) atoms. The van der Waals surface area contributed by atoms with Crippen molar-refractivity contribution in [1.29, 1.82) is 0 Å². The number of rotatable bonds is 4. The minimum Gasteiger partial charge on any atom is -0.334 e. The first kappa shape index (κ1) is 17.0. The van der Waals surface area contributed by atoms with Crippen LogP contribution in [0.15, 0.2) is 18.2 Å². The zero-order valence-corrected chi connectivity index (χ0v) is 15.2. The Morgan fingerprint density at radius 2 is 1.55 bits per heavy atom. The smallest absolute Gasteiger partial charge is 0.254 e. The summed E-state index contributed by atoms with van der Waals surface area (Å²) in [5, 5.41) is 1.26. The molecular weight excluding hydrogens is 262 g/mol. The topological polar surface area (TPSA) is 20.3 Å². The SMILES string of the molecule is Cc1ccc([Si](C)(C)C)c(C(=O)N(C(C)C)C(C)C)c1. The molecule has 2 nitrogen and oxygen atoms in total. The van der Waals surface area contributed by atoms with Crippen LogP contribution in [0.4, 0.5) is 0 Å². The van der Waals surface area contributed by atoms with Crippen LogP contribution in [0, 0.1) is 6.92 Å². The third-order valence-corrected chi connectivity index (χ3v) is 5.61. The molecule has 1 rings (SSSR count). The summed E-state index contributed by atoms with van der Waals surface area (Å²) in [6.45, 7) is 17.3. The number of hydrogen-bond acceptors (Lipinski definition) is 1.